The van der Waals surface area contributed by atoms with Gasteiger partial charge in [0.2, 0.25) is 5.91 Å². The summed E-state index contributed by atoms with van der Waals surface area (Å²) in [5, 5.41) is 14.2. The summed E-state index contributed by atoms with van der Waals surface area (Å²) in [7, 11) is 0. The molecule has 1 saturated carbocycles. The average Bonchev–Trinajstić information content (AvgIpc) is 2.92. The molecule has 3 aromatic carbocycles. The van der Waals surface area contributed by atoms with E-state index in [2.05, 4.69) is 38.7 Å². The Labute approximate surface area is 236 Å². The normalized spacial score (nSPS) is 14.4. The molecule has 0 saturated heterocycles. The first-order valence-corrected chi connectivity index (χ1v) is 14.0. The van der Waals surface area contributed by atoms with Gasteiger partial charge < -0.3 is 15.7 Å². The highest BCUT2D eigenvalue weighted by Crippen LogP contribution is 2.34. The topological polar surface area (TPSA) is 95.5 Å². The van der Waals surface area contributed by atoms with Gasteiger partial charge in [0.05, 0.1) is 12.3 Å². The fourth-order valence-electron chi connectivity index (χ4n) is 5.07. The number of nitrogens with one attached hydrogen (secondary N) is 2. The summed E-state index contributed by atoms with van der Waals surface area (Å²) in [5.74, 6) is -2.03. The van der Waals surface area contributed by atoms with E-state index in [4.69, 9.17) is 5.11 Å². The maximum Gasteiger partial charge on any atom is 0.305 e. The first-order valence-electron chi connectivity index (χ1n) is 13.2. The van der Waals surface area contributed by atoms with Crippen LogP contribution in [0.2, 0.25) is 0 Å². The maximum absolute atomic E-state index is 13.9. The molecule has 8 heteroatoms. The van der Waals surface area contributed by atoms with Crippen LogP contribution in [0.15, 0.2) is 71.2 Å². The van der Waals surface area contributed by atoms with Crippen LogP contribution in [-0.2, 0) is 16.0 Å². The second kappa shape index (κ2) is 13.5. The molecule has 0 aliphatic heterocycles. The Bertz CT molecular complexity index is 1280. The van der Waals surface area contributed by atoms with Crippen molar-refractivity contribution in [2.45, 2.75) is 56.8 Å². The first kappa shape index (κ1) is 28.5. The summed E-state index contributed by atoms with van der Waals surface area (Å²) in [6.45, 7) is 0.0468. The van der Waals surface area contributed by atoms with Gasteiger partial charge in [0.25, 0.3) is 5.91 Å². The third-order valence-electron chi connectivity index (χ3n) is 7.14. The Morgan fingerprint density at radius 2 is 1.64 bits per heavy atom. The van der Waals surface area contributed by atoms with Crippen LogP contribution in [-0.4, -0.2) is 29.4 Å². The predicted octanol–water partition coefficient (Wildman–Crippen LogP) is 6.81. The number of halogens is 2. The number of hydrogen-bond donors (Lipinski definition) is 3. The molecule has 39 heavy (non-hydrogen) atoms. The van der Waals surface area contributed by atoms with Crippen molar-refractivity contribution in [1.82, 2.24) is 5.32 Å². The van der Waals surface area contributed by atoms with E-state index in [-0.39, 0.29) is 24.8 Å². The zero-order valence-corrected chi connectivity index (χ0v) is 23.2. The van der Waals surface area contributed by atoms with E-state index in [0.717, 1.165) is 11.1 Å². The van der Waals surface area contributed by atoms with E-state index in [1.54, 1.807) is 30.3 Å². The number of carboxylic acid groups (broad SMARTS) is 1. The molecule has 204 valence electrons. The van der Waals surface area contributed by atoms with Gasteiger partial charge in [-0.1, -0.05) is 71.6 Å². The molecule has 1 aliphatic carbocycles. The number of aliphatic carboxylic acids is 1. The van der Waals surface area contributed by atoms with Crippen LogP contribution in [0, 0.1) is 5.82 Å². The van der Waals surface area contributed by atoms with Gasteiger partial charge in [0, 0.05) is 22.3 Å². The number of carbonyl (C=O) groups is 3. The molecule has 3 N–H and O–H groups in total. The molecular formula is C31H32BrFN2O4. The van der Waals surface area contributed by atoms with Gasteiger partial charge in [-0.05, 0) is 72.2 Å². The number of amides is 2. The minimum absolute atomic E-state index is 0.0468. The van der Waals surface area contributed by atoms with Crippen LogP contribution in [0.5, 0.6) is 0 Å². The molecule has 1 fully saturated rings. The van der Waals surface area contributed by atoms with Gasteiger partial charge in [-0.25, -0.2) is 4.39 Å². The van der Waals surface area contributed by atoms with Crippen molar-refractivity contribution in [3.63, 3.8) is 0 Å². The number of anilines is 1. The highest BCUT2D eigenvalue weighted by Gasteiger charge is 2.23. The van der Waals surface area contributed by atoms with Crippen LogP contribution in [0.3, 0.4) is 0 Å². The van der Waals surface area contributed by atoms with Crippen LogP contribution in [0.25, 0.3) is 0 Å². The lowest BCUT2D eigenvalue weighted by atomic mass is 9.83. The summed E-state index contributed by atoms with van der Waals surface area (Å²) in [4.78, 5) is 36.5. The highest BCUT2D eigenvalue weighted by molar-refractivity contribution is 9.10. The average molecular weight is 596 g/mol. The quantitative estimate of drug-likeness (QED) is 0.240. The molecule has 1 aliphatic rings. The molecular weight excluding hydrogens is 563 g/mol. The van der Waals surface area contributed by atoms with E-state index >= 15 is 0 Å². The lowest BCUT2D eigenvalue weighted by Gasteiger charge is -2.23. The second-order valence-corrected chi connectivity index (χ2v) is 10.9. The Hall–Kier alpha value is -3.52. The van der Waals surface area contributed by atoms with Crippen molar-refractivity contribution in [3.05, 3.63) is 99.3 Å². The van der Waals surface area contributed by atoms with Gasteiger partial charge in [0.1, 0.15) is 5.82 Å². The molecule has 0 heterocycles. The van der Waals surface area contributed by atoms with Crippen LogP contribution >= 0.6 is 15.9 Å². The number of hydrogen-bond acceptors (Lipinski definition) is 3. The smallest absolute Gasteiger partial charge is 0.305 e. The van der Waals surface area contributed by atoms with Crippen molar-refractivity contribution in [1.29, 1.82) is 0 Å². The summed E-state index contributed by atoms with van der Waals surface area (Å²) in [6, 6.07) is 19.4. The molecule has 3 aromatic rings. The first-order chi connectivity index (χ1) is 18.8. The Morgan fingerprint density at radius 1 is 0.949 bits per heavy atom. The number of carboxylic acids is 1. The van der Waals surface area contributed by atoms with Crippen LogP contribution in [0.1, 0.15) is 77.4 Å². The minimum atomic E-state index is -0.979. The van der Waals surface area contributed by atoms with Gasteiger partial charge in [-0.2, -0.15) is 0 Å². The van der Waals surface area contributed by atoms with Crippen molar-refractivity contribution in [2.75, 3.05) is 11.9 Å². The fraction of sp³-hybridized carbons (Fsp3) is 0.323. The highest BCUT2D eigenvalue weighted by atomic mass is 79.9. The summed E-state index contributed by atoms with van der Waals surface area (Å²) in [6.07, 6.45) is 6.38. The lowest BCUT2D eigenvalue weighted by Crippen LogP contribution is -2.26. The molecule has 0 radical (unpaired) electrons. The molecule has 1 atom stereocenters. The molecule has 0 aromatic heterocycles. The van der Waals surface area contributed by atoms with E-state index < -0.39 is 17.7 Å². The number of benzene rings is 3. The van der Waals surface area contributed by atoms with E-state index in [0.29, 0.717) is 28.1 Å². The van der Waals surface area contributed by atoms with Crippen molar-refractivity contribution in [3.8, 4) is 0 Å². The Kier molecular flexibility index (Phi) is 9.87. The minimum Gasteiger partial charge on any atom is -0.481 e. The maximum atomic E-state index is 13.9. The molecule has 1 unspecified atom stereocenters. The van der Waals surface area contributed by atoms with E-state index in [1.807, 2.05) is 12.1 Å². The third-order valence-corrected chi connectivity index (χ3v) is 7.60. The summed E-state index contributed by atoms with van der Waals surface area (Å²) >= 11 is 3.27. The number of rotatable bonds is 10. The zero-order chi connectivity index (χ0) is 27.8. The Morgan fingerprint density at radius 3 is 2.28 bits per heavy atom. The van der Waals surface area contributed by atoms with Crippen LogP contribution in [0.4, 0.5) is 10.1 Å². The fourth-order valence-corrected chi connectivity index (χ4v) is 5.53. The van der Waals surface area contributed by atoms with Gasteiger partial charge in [-0.3, -0.25) is 14.4 Å². The third kappa shape index (κ3) is 8.23. The monoisotopic (exact) mass is 594 g/mol. The molecule has 0 spiro atoms. The second-order valence-electron chi connectivity index (χ2n) is 10.0. The van der Waals surface area contributed by atoms with Gasteiger partial charge in [-0.15, -0.1) is 0 Å². The predicted molar refractivity (Wildman–Crippen MR) is 152 cm³/mol. The largest absolute Gasteiger partial charge is 0.481 e. The van der Waals surface area contributed by atoms with Crippen molar-refractivity contribution in [2.24, 2.45) is 0 Å². The van der Waals surface area contributed by atoms with Crippen LogP contribution < -0.4 is 10.6 Å². The van der Waals surface area contributed by atoms with E-state index in [1.165, 1.54) is 49.8 Å². The van der Waals surface area contributed by atoms with Crippen molar-refractivity contribution >= 4 is 39.4 Å². The summed E-state index contributed by atoms with van der Waals surface area (Å²) in [5.41, 5.74) is 3.78. The standard InChI is InChI=1S/C31H32BrFN2O4/c32-25-17-26(33)19-27(18-25)35-31(39)28(23-12-10-22(11-13-23)21-4-2-1-3-5-21)16-20-6-8-24(9-7-20)30(38)34-15-14-29(36)37/h6-13,17-19,21,28H,1-5,14-16H2,(H,34,38)(H,35,39)(H,36,37). The lowest BCUT2D eigenvalue weighted by molar-refractivity contribution is -0.136. The molecule has 6 nitrogen and oxygen atoms in total. The van der Waals surface area contributed by atoms with Gasteiger partial charge >= 0.3 is 5.97 Å². The zero-order valence-electron chi connectivity index (χ0n) is 21.6. The Balaban J connectivity index is 1.53. The van der Waals surface area contributed by atoms with E-state index in [9.17, 15) is 18.8 Å². The molecule has 4 rings (SSSR count). The number of carbonyl (C=O) groups excluding carboxylic acids is 2. The molecule has 0 bridgehead atoms. The molecule has 2 amide bonds. The SMILES string of the molecule is O=C(O)CCNC(=O)c1ccc(CC(C(=O)Nc2cc(F)cc(Br)c2)c2ccc(C3CCCCC3)cc2)cc1. The van der Waals surface area contributed by atoms with Gasteiger partial charge in [0.15, 0.2) is 0 Å². The van der Waals surface area contributed by atoms with Crippen molar-refractivity contribution < 1.29 is 23.9 Å². The summed E-state index contributed by atoms with van der Waals surface area (Å²) < 4.78 is 14.5.